The second kappa shape index (κ2) is 6.79. The summed E-state index contributed by atoms with van der Waals surface area (Å²) in [5.74, 6) is 0.765. The summed E-state index contributed by atoms with van der Waals surface area (Å²) in [6.07, 6.45) is 0. The molecule has 2 aromatic rings. The van der Waals surface area contributed by atoms with Gasteiger partial charge in [0, 0.05) is 24.3 Å². The zero-order valence-electron chi connectivity index (χ0n) is 12.5. The number of carbonyl (C=O) groups is 1. The summed E-state index contributed by atoms with van der Waals surface area (Å²) in [4.78, 5) is 11.1. The van der Waals surface area contributed by atoms with Crippen molar-refractivity contribution in [2.45, 2.75) is 19.9 Å². The molecule has 0 aliphatic carbocycles. The van der Waals surface area contributed by atoms with Gasteiger partial charge in [0.05, 0.1) is 7.11 Å². The molecule has 21 heavy (non-hydrogen) atoms. The van der Waals surface area contributed by atoms with Crippen molar-refractivity contribution in [2.75, 3.05) is 17.7 Å². The number of anilines is 2. The number of rotatable bonds is 5. The Balaban J connectivity index is 2.11. The van der Waals surface area contributed by atoms with E-state index >= 15 is 0 Å². The molecule has 0 saturated heterocycles. The number of ether oxygens (including phenoxy) is 1. The van der Waals surface area contributed by atoms with Crippen LogP contribution < -0.4 is 15.4 Å². The van der Waals surface area contributed by atoms with Gasteiger partial charge in [-0.15, -0.1) is 0 Å². The van der Waals surface area contributed by atoms with E-state index in [1.807, 2.05) is 42.5 Å². The van der Waals surface area contributed by atoms with E-state index in [9.17, 15) is 4.79 Å². The van der Waals surface area contributed by atoms with Gasteiger partial charge in [-0.3, -0.25) is 4.79 Å². The van der Waals surface area contributed by atoms with E-state index in [0.29, 0.717) is 0 Å². The van der Waals surface area contributed by atoms with Crippen LogP contribution in [0.1, 0.15) is 25.5 Å². The molecule has 110 valence electrons. The van der Waals surface area contributed by atoms with Crippen LogP contribution >= 0.6 is 0 Å². The Labute approximate surface area is 125 Å². The highest BCUT2D eigenvalue weighted by atomic mass is 16.5. The second-order valence-electron chi connectivity index (χ2n) is 4.90. The average molecular weight is 284 g/mol. The molecule has 1 amide bonds. The Kier molecular flexibility index (Phi) is 4.82. The fourth-order valence-electron chi connectivity index (χ4n) is 2.13. The van der Waals surface area contributed by atoms with Crippen LogP contribution in [0.3, 0.4) is 0 Å². The maximum Gasteiger partial charge on any atom is 0.221 e. The number of carbonyl (C=O) groups excluding carboxylic acids is 1. The van der Waals surface area contributed by atoms with Gasteiger partial charge in [-0.05, 0) is 42.8 Å². The molecule has 0 aliphatic heterocycles. The standard InChI is InChI=1S/C17H20N2O2/c1-12(14-6-4-9-17(10-14)21-3)18-15-7-5-8-16(11-15)19-13(2)20/h4-12,18H,1-3H3,(H,19,20). The number of hydrogen-bond donors (Lipinski definition) is 2. The average Bonchev–Trinajstić information content (AvgIpc) is 2.47. The minimum absolute atomic E-state index is 0.0759. The fourth-order valence-corrected chi connectivity index (χ4v) is 2.13. The molecule has 2 aromatic carbocycles. The molecule has 2 N–H and O–H groups in total. The molecule has 1 atom stereocenters. The molecule has 0 aromatic heterocycles. The van der Waals surface area contributed by atoms with Crippen LogP contribution in [0.2, 0.25) is 0 Å². The SMILES string of the molecule is COc1cccc(C(C)Nc2cccc(NC(C)=O)c2)c1. The lowest BCUT2D eigenvalue weighted by molar-refractivity contribution is -0.114. The Morgan fingerprint density at radius 1 is 1.10 bits per heavy atom. The van der Waals surface area contributed by atoms with Crippen molar-refractivity contribution in [3.63, 3.8) is 0 Å². The van der Waals surface area contributed by atoms with E-state index in [1.165, 1.54) is 6.92 Å². The highest BCUT2D eigenvalue weighted by molar-refractivity contribution is 5.89. The highest BCUT2D eigenvalue weighted by Gasteiger charge is 2.07. The van der Waals surface area contributed by atoms with Crippen LogP contribution in [-0.2, 0) is 4.79 Å². The maximum absolute atomic E-state index is 11.1. The molecule has 4 nitrogen and oxygen atoms in total. The molecule has 0 saturated carbocycles. The van der Waals surface area contributed by atoms with Crippen molar-refractivity contribution in [1.82, 2.24) is 0 Å². The molecule has 0 fully saturated rings. The Hall–Kier alpha value is -2.49. The smallest absolute Gasteiger partial charge is 0.221 e. The predicted octanol–water partition coefficient (Wildman–Crippen LogP) is 3.83. The van der Waals surface area contributed by atoms with Crippen molar-refractivity contribution in [3.8, 4) is 5.75 Å². The van der Waals surface area contributed by atoms with Crippen LogP contribution in [-0.4, -0.2) is 13.0 Å². The monoisotopic (exact) mass is 284 g/mol. The molecule has 4 heteroatoms. The van der Waals surface area contributed by atoms with Crippen LogP contribution in [0, 0.1) is 0 Å². The largest absolute Gasteiger partial charge is 0.497 e. The van der Waals surface area contributed by atoms with Crippen molar-refractivity contribution >= 4 is 17.3 Å². The summed E-state index contributed by atoms with van der Waals surface area (Å²) in [6, 6.07) is 15.8. The zero-order valence-corrected chi connectivity index (χ0v) is 12.5. The third-order valence-corrected chi connectivity index (χ3v) is 3.16. The third-order valence-electron chi connectivity index (χ3n) is 3.16. The summed E-state index contributed by atoms with van der Waals surface area (Å²) in [5.41, 5.74) is 2.88. The predicted molar refractivity (Wildman–Crippen MR) is 85.8 cm³/mol. The number of hydrogen-bond acceptors (Lipinski definition) is 3. The first-order valence-electron chi connectivity index (χ1n) is 6.86. The van der Waals surface area contributed by atoms with E-state index in [2.05, 4.69) is 23.6 Å². The molecule has 0 aliphatic rings. The minimum atomic E-state index is -0.0759. The van der Waals surface area contributed by atoms with Crippen LogP contribution in [0.25, 0.3) is 0 Å². The first-order chi connectivity index (χ1) is 10.1. The molecule has 0 bridgehead atoms. The van der Waals surface area contributed by atoms with Crippen molar-refractivity contribution in [1.29, 1.82) is 0 Å². The van der Waals surface area contributed by atoms with Gasteiger partial charge in [0.25, 0.3) is 0 Å². The van der Waals surface area contributed by atoms with Crippen LogP contribution in [0.4, 0.5) is 11.4 Å². The van der Waals surface area contributed by atoms with E-state index in [0.717, 1.165) is 22.7 Å². The lowest BCUT2D eigenvalue weighted by Crippen LogP contribution is -2.08. The number of nitrogens with one attached hydrogen (secondary N) is 2. The van der Waals surface area contributed by atoms with Crippen LogP contribution in [0.15, 0.2) is 48.5 Å². The second-order valence-corrected chi connectivity index (χ2v) is 4.90. The summed E-state index contributed by atoms with van der Waals surface area (Å²) in [7, 11) is 1.66. The summed E-state index contributed by atoms with van der Waals surface area (Å²) in [6.45, 7) is 3.58. The first-order valence-corrected chi connectivity index (χ1v) is 6.86. The zero-order chi connectivity index (χ0) is 15.2. The van der Waals surface area contributed by atoms with Gasteiger partial charge >= 0.3 is 0 Å². The Morgan fingerprint density at radius 3 is 2.52 bits per heavy atom. The van der Waals surface area contributed by atoms with Gasteiger partial charge in [-0.2, -0.15) is 0 Å². The number of benzene rings is 2. The minimum Gasteiger partial charge on any atom is -0.497 e. The van der Waals surface area contributed by atoms with Gasteiger partial charge in [0.15, 0.2) is 0 Å². The first kappa shape index (κ1) is 14.9. The number of methoxy groups -OCH3 is 1. The van der Waals surface area contributed by atoms with Crippen molar-refractivity contribution in [2.24, 2.45) is 0 Å². The molecule has 0 spiro atoms. The third kappa shape index (κ3) is 4.24. The number of amides is 1. The lowest BCUT2D eigenvalue weighted by Gasteiger charge is -2.17. The summed E-state index contributed by atoms with van der Waals surface area (Å²) < 4.78 is 5.24. The van der Waals surface area contributed by atoms with Gasteiger partial charge in [0.1, 0.15) is 5.75 Å². The molecular weight excluding hydrogens is 264 g/mol. The van der Waals surface area contributed by atoms with Gasteiger partial charge in [0.2, 0.25) is 5.91 Å². The van der Waals surface area contributed by atoms with E-state index in [1.54, 1.807) is 7.11 Å². The quantitative estimate of drug-likeness (QED) is 0.877. The van der Waals surface area contributed by atoms with Gasteiger partial charge in [-0.1, -0.05) is 18.2 Å². The highest BCUT2D eigenvalue weighted by Crippen LogP contribution is 2.24. The summed E-state index contributed by atoms with van der Waals surface area (Å²) >= 11 is 0. The van der Waals surface area contributed by atoms with Crippen molar-refractivity contribution in [3.05, 3.63) is 54.1 Å². The molecular formula is C17H20N2O2. The van der Waals surface area contributed by atoms with Crippen molar-refractivity contribution < 1.29 is 9.53 Å². The molecule has 0 heterocycles. The van der Waals surface area contributed by atoms with Gasteiger partial charge in [-0.25, -0.2) is 0 Å². The normalized spacial score (nSPS) is 11.6. The Morgan fingerprint density at radius 2 is 1.81 bits per heavy atom. The fraction of sp³-hybridized carbons (Fsp3) is 0.235. The Bertz CT molecular complexity index is 626. The van der Waals surface area contributed by atoms with Gasteiger partial charge < -0.3 is 15.4 Å². The summed E-state index contributed by atoms with van der Waals surface area (Å²) in [5, 5.41) is 6.19. The van der Waals surface area contributed by atoms with Crippen LogP contribution in [0.5, 0.6) is 5.75 Å². The maximum atomic E-state index is 11.1. The van der Waals surface area contributed by atoms with E-state index in [-0.39, 0.29) is 11.9 Å². The molecule has 1 unspecified atom stereocenters. The molecule has 0 radical (unpaired) electrons. The lowest BCUT2D eigenvalue weighted by atomic mass is 10.1. The topological polar surface area (TPSA) is 50.4 Å². The van der Waals surface area contributed by atoms with E-state index in [4.69, 9.17) is 4.74 Å². The molecule has 2 rings (SSSR count). The van der Waals surface area contributed by atoms with E-state index < -0.39 is 0 Å².